The predicted octanol–water partition coefficient (Wildman–Crippen LogP) is 3.67. The van der Waals surface area contributed by atoms with Crippen LogP contribution in [0.4, 0.5) is 5.82 Å². The van der Waals surface area contributed by atoms with Gasteiger partial charge < -0.3 is 20.2 Å². The minimum atomic E-state index is -3.12. The zero-order valence-electron chi connectivity index (χ0n) is 20.5. The Kier molecular flexibility index (Phi) is 7.07. The molecule has 3 N–H and O–H groups in total. The van der Waals surface area contributed by atoms with E-state index in [1.807, 2.05) is 39.0 Å². The molecular formula is C25H31N5O4S. The SMILES string of the molecule is CCOCc1nc2c(N)nc3cc(-c4cccnc4)cc(CC(C)(C)OCCS(C)(=O)=O)c3c2[nH]1. The van der Waals surface area contributed by atoms with Crippen molar-refractivity contribution in [3.63, 3.8) is 0 Å². The number of hydrogen-bond donors (Lipinski definition) is 2. The fourth-order valence-corrected chi connectivity index (χ4v) is 4.51. The number of rotatable bonds is 10. The van der Waals surface area contributed by atoms with Crippen molar-refractivity contribution in [2.75, 3.05) is 31.0 Å². The number of nitrogens with two attached hydrogens (primary N) is 1. The van der Waals surface area contributed by atoms with E-state index in [-0.39, 0.29) is 12.4 Å². The Morgan fingerprint density at radius 2 is 1.97 bits per heavy atom. The molecule has 0 aliphatic heterocycles. The van der Waals surface area contributed by atoms with E-state index in [0.29, 0.717) is 36.8 Å². The molecule has 0 unspecified atom stereocenters. The number of sulfone groups is 1. The fourth-order valence-electron chi connectivity index (χ4n) is 4.12. The molecule has 0 aliphatic carbocycles. The summed E-state index contributed by atoms with van der Waals surface area (Å²) >= 11 is 0. The molecule has 0 saturated carbocycles. The van der Waals surface area contributed by atoms with Gasteiger partial charge in [-0.2, -0.15) is 0 Å². The lowest BCUT2D eigenvalue weighted by molar-refractivity contribution is -0.00797. The van der Waals surface area contributed by atoms with Crippen LogP contribution in [0.15, 0.2) is 36.7 Å². The van der Waals surface area contributed by atoms with Crippen molar-refractivity contribution in [2.24, 2.45) is 0 Å². The number of hydrogen-bond acceptors (Lipinski definition) is 8. The summed E-state index contributed by atoms with van der Waals surface area (Å²) in [6.07, 6.45) is 5.26. The molecule has 0 saturated heterocycles. The second-order valence-electron chi connectivity index (χ2n) is 9.23. The molecule has 3 aromatic heterocycles. The van der Waals surface area contributed by atoms with Gasteiger partial charge in [-0.3, -0.25) is 4.98 Å². The quantitative estimate of drug-likeness (QED) is 0.339. The highest BCUT2D eigenvalue weighted by Gasteiger charge is 2.24. The number of anilines is 1. The van der Waals surface area contributed by atoms with Crippen LogP contribution in [0.25, 0.3) is 33.1 Å². The predicted molar refractivity (Wildman–Crippen MR) is 138 cm³/mol. The fraction of sp³-hybridized carbons (Fsp3) is 0.400. The molecule has 0 spiro atoms. The highest BCUT2D eigenvalue weighted by atomic mass is 32.2. The number of fused-ring (bicyclic) bond motifs is 3. The number of ether oxygens (including phenoxy) is 2. The number of aromatic amines is 1. The molecule has 0 amide bonds. The number of aromatic nitrogens is 4. The standard InChI is InChI=1S/C25H31N5O4S/c1-5-33-15-20-29-22-21-18(13-25(2,3)34-9-10-35(4,31)32)11-17(16-7-6-8-27-14-16)12-19(21)28-24(26)23(22)30-20/h6-8,11-12,14H,5,9-10,13,15H2,1-4H3,(H2,26,28)(H,29,30). The third kappa shape index (κ3) is 5.95. The summed E-state index contributed by atoms with van der Waals surface area (Å²) in [5.74, 6) is 0.981. The number of H-pyrrole nitrogens is 1. The largest absolute Gasteiger partial charge is 0.382 e. The molecule has 0 fully saturated rings. The van der Waals surface area contributed by atoms with E-state index in [1.54, 1.807) is 12.4 Å². The van der Waals surface area contributed by atoms with Crippen LogP contribution in [0, 0.1) is 0 Å². The number of nitrogens with zero attached hydrogens (tertiary/aromatic N) is 3. The molecule has 9 nitrogen and oxygen atoms in total. The van der Waals surface area contributed by atoms with Crippen LogP contribution < -0.4 is 5.73 Å². The van der Waals surface area contributed by atoms with E-state index in [0.717, 1.165) is 33.1 Å². The van der Waals surface area contributed by atoms with Crippen molar-refractivity contribution < 1.29 is 17.9 Å². The van der Waals surface area contributed by atoms with Crippen molar-refractivity contribution in [3.05, 3.63) is 48.0 Å². The number of imidazole rings is 1. The van der Waals surface area contributed by atoms with Gasteiger partial charge in [-0.05, 0) is 44.0 Å². The van der Waals surface area contributed by atoms with Gasteiger partial charge in [0.05, 0.1) is 29.0 Å². The first-order valence-electron chi connectivity index (χ1n) is 11.5. The van der Waals surface area contributed by atoms with Crippen LogP contribution in [-0.2, 0) is 32.3 Å². The Morgan fingerprint density at radius 1 is 1.17 bits per heavy atom. The van der Waals surface area contributed by atoms with Crippen molar-refractivity contribution >= 4 is 37.6 Å². The molecule has 186 valence electrons. The first-order valence-corrected chi connectivity index (χ1v) is 13.5. The highest BCUT2D eigenvalue weighted by Crippen LogP contribution is 2.35. The highest BCUT2D eigenvalue weighted by molar-refractivity contribution is 7.90. The van der Waals surface area contributed by atoms with Gasteiger partial charge in [0.25, 0.3) is 0 Å². The van der Waals surface area contributed by atoms with Gasteiger partial charge in [0.2, 0.25) is 0 Å². The maximum absolute atomic E-state index is 11.6. The Labute approximate surface area is 205 Å². The van der Waals surface area contributed by atoms with Crippen molar-refractivity contribution in [1.82, 2.24) is 19.9 Å². The average Bonchev–Trinajstić information content (AvgIpc) is 3.21. The van der Waals surface area contributed by atoms with E-state index in [2.05, 4.69) is 26.0 Å². The molecule has 4 aromatic rings. The second-order valence-corrected chi connectivity index (χ2v) is 11.5. The van der Waals surface area contributed by atoms with Crippen LogP contribution in [0.5, 0.6) is 0 Å². The number of nitrogen functional groups attached to an aromatic ring is 1. The maximum atomic E-state index is 11.6. The van der Waals surface area contributed by atoms with E-state index in [9.17, 15) is 8.42 Å². The summed E-state index contributed by atoms with van der Waals surface area (Å²) in [6.45, 7) is 6.87. The second kappa shape index (κ2) is 9.88. The minimum Gasteiger partial charge on any atom is -0.382 e. The molecule has 0 radical (unpaired) electrons. The Bertz CT molecular complexity index is 1450. The molecular weight excluding hydrogens is 466 g/mol. The normalized spacial score (nSPS) is 12.6. The van der Waals surface area contributed by atoms with Crippen LogP contribution in [0.3, 0.4) is 0 Å². The summed E-state index contributed by atoms with van der Waals surface area (Å²) in [4.78, 5) is 16.9. The van der Waals surface area contributed by atoms with Gasteiger partial charge in [-0.25, -0.2) is 18.4 Å². The van der Waals surface area contributed by atoms with Crippen molar-refractivity contribution in [2.45, 2.75) is 39.4 Å². The molecule has 3 heterocycles. The molecule has 4 rings (SSSR count). The molecule has 1 aromatic carbocycles. The summed E-state index contributed by atoms with van der Waals surface area (Å²) in [5.41, 5.74) is 10.7. The lowest BCUT2D eigenvalue weighted by Gasteiger charge is -2.26. The summed E-state index contributed by atoms with van der Waals surface area (Å²) in [6, 6.07) is 7.97. The van der Waals surface area contributed by atoms with Gasteiger partial charge in [0, 0.05) is 42.6 Å². The van der Waals surface area contributed by atoms with E-state index < -0.39 is 15.4 Å². The van der Waals surface area contributed by atoms with Crippen LogP contribution in [0.2, 0.25) is 0 Å². The molecule has 0 bridgehead atoms. The molecule has 0 aliphatic rings. The average molecular weight is 498 g/mol. The first kappa shape index (κ1) is 25.0. The third-order valence-electron chi connectivity index (χ3n) is 5.69. The third-order valence-corrected chi connectivity index (χ3v) is 6.59. The van der Waals surface area contributed by atoms with Crippen LogP contribution >= 0.6 is 0 Å². The molecule has 10 heteroatoms. The Hall–Kier alpha value is -3.08. The van der Waals surface area contributed by atoms with Crippen molar-refractivity contribution in [3.8, 4) is 11.1 Å². The first-order chi connectivity index (χ1) is 16.6. The molecule has 35 heavy (non-hydrogen) atoms. The lowest BCUT2D eigenvalue weighted by Crippen LogP contribution is -2.30. The number of benzene rings is 1. The Morgan fingerprint density at radius 3 is 2.66 bits per heavy atom. The van der Waals surface area contributed by atoms with Gasteiger partial charge in [0.15, 0.2) is 5.82 Å². The van der Waals surface area contributed by atoms with Crippen LogP contribution in [-0.4, -0.2) is 59.2 Å². The Balaban J connectivity index is 1.85. The summed E-state index contributed by atoms with van der Waals surface area (Å²) < 4.78 is 34.7. The van der Waals surface area contributed by atoms with Crippen molar-refractivity contribution in [1.29, 1.82) is 0 Å². The monoisotopic (exact) mass is 497 g/mol. The van der Waals surface area contributed by atoms with Gasteiger partial charge in [0.1, 0.15) is 27.8 Å². The topological polar surface area (TPSA) is 133 Å². The molecule has 0 atom stereocenters. The zero-order valence-corrected chi connectivity index (χ0v) is 21.3. The number of nitrogens with one attached hydrogen (secondary N) is 1. The minimum absolute atomic E-state index is 0.0312. The van der Waals surface area contributed by atoms with Gasteiger partial charge in [-0.1, -0.05) is 12.1 Å². The maximum Gasteiger partial charge on any atom is 0.152 e. The van der Waals surface area contributed by atoms with E-state index in [1.165, 1.54) is 6.26 Å². The van der Waals surface area contributed by atoms with E-state index >= 15 is 0 Å². The lowest BCUT2D eigenvalue weighted by atomic mass is 9.91. The van der Waals surface area contributed by atoms with Gasteiger partial charge in [-0.15, -0.1) is 0 Å². The van der Waals surface area contributed by atoms with E-state index in [4.69, 9.17) is 15.2 Å². The summed E-state index contributed by atoms with van der Waals surface area (Å²) in [5, 5.41) is 0.900. The number of pyridine rings is 2. The summed E-state index contributed by atoms with van der Waals surface area (Å²) in [7, 11) is -3.12. The van der Waals surface area contributed by atoms with Crippen LogP contribution in [0.1, 0.15) is 32.2 Å². The van der Waals surface area contributed by atoms with Gasteiger partial charge >= 0.3 is 0 Å². The zero-order chi connectivity index (χ0) is 25.2. The smallest absolute Gasteiger partial charge is 0.152 e.